The number of piperidine rings is 1. The molecule has 1 N–H and O–H groups in total. The Morgan fingerprint density at radius 3 is 2.48 bits per heavy atom. The quantitative estimate of drug-likeness (QED) is 0.909. The number of carbonyl (C=O) groups is 2. The van der Waals surface area contributed by atoms with Crippen LogP contribution >= 0.6 is 11.6 Å². The predicted octanol–water partition coefficient (Wildman–Crippen LogP) is 3.33. The van der Waals surface area contributed by atoms with E-state index in [1.165, 1.54) is 6.20 Å². The van der Waals surface area contributed by atoms with Gasteiger partial charge in [-0.25, -0.2) is 4.79 Å². The molecule has 0 spiro atoms. The van der Waals surface area contributed by atoms with Gasteiger partial charge in [0.1, 0.15) is 5.56 Å². The van der Waals surface area contributed by atoms with Crippen LogP contribution in [0.25, 0.3) is 0 Å². The third-order valence-electron chi connectivity index (χ3n) is 4.87. The molecule has 25 heavy (non-hydrogen) atoms. The summed E-state index contributed by atoms with van der Waals surface area (Å²) in [6.45, 7) is 4.83. The van der Waals surface area contributed by atoms with Gasteiger partial charge in [0.25, 0.3) is 5.91 Å². The molecule has 1 aromatic heterocycles. The maximum atomic E-state index is 12.7. The summed E-state index contributed by atoms with van der Waals surface area (Å²) >= 11 is 6.12. The zero-order chi connectivity index (χ0) is 18.1. The minimum atomic E-state index is -0.965. The van der Waals surface area contributed by atoms with Crippen molar-refractivity contribution in [2.24, 2.45) is 0 Å². The van der Waals surface area contributed by atoms with Crippen molar-refractivity contribution in [1.29, 1.82) is 0 Å². The van der Waals surface area contributed by atoms with Gasteiger partial charge in [0, 0.05) is 23.7 Å². The van der Waals surface area contributed by atoms with E-state index in [1.54, 1.807) is 29.8 Å². The average molecular weight is 362 g/mol. The van der Waals surface area contributed by atoms with Gasteiger partial charge >= 0.3 is 5.97 Å². The third kappa shape index (κ3) is 3.26. The van der Waals surface area contributed by atoms with Crippen molar-refractivity contribution in [3.63, 3.8) is 0 Å². The molecular weight excluding hydrogens is 342 g/mol. The van der Waals surface area contributed by atoms with Crippen molar-refractivity contribution in [3.05, 3.63) is 51.8 Å². The first kappa shape index (κ1) is 17.5. The molecule has 7 heteroatoms. The van der Waals surface area contributed by atoms with Crippen molar-refractivity contribution < 1.29 is 14.7 Å². The predicted molar refractivity (Wildman–Crippen MR) is 94.3 cm³/mol. The van der Waals surface area contributed by atoms with Crippen LogP contribution in [0.4, 0.5) is 0 Å². The minimum absolute atomic E-state index is 0.0122. The van der Waals surface area contributed by atoms with Crippen molar-refractivity contribution >= 4 is 23.5 Å². The van der Waals surface area contributed by atoms with Crippen molar-refractivity contribution in [2.45, 2.75) is 32.7 Å². The van der Waals surface area contributed by atoms with Crippen molar-refractivity contribution in [3.8, 4) is 0 Å². The highest BCUT2D eigenvalue weighted by molar-refractivity contribution is 6.31. The maximum absolute atomic E-state index is 12.7. The number of aromatic nitrogens is 2. The van der Waals surface area contributed by atoms with Gasteiger partial charge in [0.15, 0.2) is 0 Å². The zero-order valence-corrected chi connectivity index (χ0v) is 15.0. The highest BCUT2D eigenvalue weighted by atomic mass is 35.5. The fourth-order valence-corrected chi connectivity index (χ4v) is 3.50. The molecule has 1 saturated heterocycles. The fraction of sp³-hybridized carbons (Fsp3) is 0.389. The molecular formula is C18H20ClN3O3. The first-order chi connectivity index (χ1) is 11.9. The standard InChI is InChI=1S/C18H20ClN3O3/c1-11-14(4-3-5-16(11)19)17(23)21-8-6-13(7-9-21)22-12(2)15(10-20-22)18(24)25/h3-5,10,13H,6-9H2,1-2H3,(H,24,25). The Kier molecular flexibility index (Phi) is 4.81. The van der Waals surface area contributed by atoms with Crippen molar-refractivity contribution in [1.82, 2.24) is 14.7 Å². The Morgan fingerprint density at radius 1 is 1.20 bits per heavy atom. The normalized spacial score (nSPS) is 15.4. The van der Waals surface area contributed by atoms with E-state index in [9.17, 15) is 9.59 Å². The van der Waals surface area contributed by atoms with Gasteiger partial charge in [-0.05, 0) is 44.4 Å². The molecule has 1 aromatic carbocycles. The Hall–Kier alpha value is -2.34. The van der Waals surface area contributed by atoms with E-state index in [0.29, 0.717) is 29.4 Å². The number of carbonyl (C=O) groups excluding carboxylic acids is 1. The Labute approximate surface area is 151 Å². The molecule has 0 unspecified atom stereocenters. The molecule has 0 aliphatic carbocycles. The maximum Gasteiger partial charge on any atom is 0.339 e. The number of nitrogens with zero attached hydrogens (tertiary/aromatic N) is 3. The van der Waals surface area contributed by atoms with Crippen LogP contribution in [0.2, 0.25) is 5.02 Å². The van der Waals surface area contributed by atoms with E-state index in [-0.39, 0.29) is 17.5 Å². The summed E-state index contributed by atoms with van der Waals surface area (Å²) in [5.74, 6) is -0.977. The summed E-state index contributed by atoms with van der Waals surface area (Å²) < 4.78 is 1.77. The first-order valence-electron chi connectivity index (χ1n) is 8.22. The molecule has 1 amide bonds. The number of benzene rings is 1. The molecule has 2 aromatic rings. The molecule has 2 heterocycles. The fourth-order valence-electron chi connectivity index (χ4n) is 3.32. The second-order valence-corrected chi connectivity index (χ2v) is 6.74. The molecule has 0 atom stereocenters. The highest BCUT2D eigenvalue weighted by Crippen LogP contribution is 2.27. The van der Waals surface area contributed by atoms with Gasteiger partial charge in [0.2, 0.25) is 0 Å². The van der Waals surface area contributed by atoms with Crippen LogP contribution in [0, 0.1) is 13.8 Å². The van der Waals surface area contributed by atoms with Gasteiger partial charge in [-0.3, -0.25) is 9.48 Å². The van der Waals surface area contributed by atoms with Gasteiger partial charge < -0.3 is 10.0 Å². The van der Waals surface area contributed by atoms with Crippen LogP contribution in [-0.2, 0) is 0 Å². The van der Waals surface area contributed by atoms with E-state index >= 15 is 0 Å². The lowest BCUT2D eigenvalue weighted by Crippen LogP contribution is -2.39. The smallest absolute Gasteiger partial charge is 0.339 e. The van der Waals surface area contributed by atoms with Crippen LogP contribution in [0.1, 0.15) is 50.9 Å². The minimum Gasteiger partial charge on any atom is -0.478 e. The molecule has 1 aliphatic rings. The first-order valence-corrected chi connectivity index (χ1v) is 8.59. The summed E-state index contributed by atoms with van der Waals surface area (Å²) in [7, 11) is 0. The highest BCUT2D eigenvalue weighted by Gasteiger charge is 2.27. The molecule has 132 valence electrons. The lowest BCUT2D eigenvalue weighted by atomic mass is 10.0. The number of amides is 1. The number of hydrogen-bond donors (Lipinski definition) is 1. The van der Waals surface area contributed by atoms with Gasteiger partial charge in [-0.1, -0.05) is 17.7 Å². The summed E-state index contributed by atoms with van der Waals surface area (Å²) in [4.78, 5) is 25.7. The third-order valence-corrected chi connectivity index (χ3v) is 5.28. The summed E-state index contributed by atoms with van der Waals surface area (Å²) in [6.07, 6.45) is 2.88. The second-order valence-electron chi connectivity index (χ2n) is 6.33. The van der Waals surface area contributed by atoms with Gasteiger partial charge in [-0.2, -0.15) is 5.10 Å². The van der Waals surface area contributed by atoms with Crippen LogP contribution in [0.15, 0.2) is 24.4 Å². The molecule has 0 radical (unpaired) electrons. The largest absolute Gasteiger partial charge is 0.478 e. The number of carboxylic acid groups (broad SMARTS) is 1. The van der Waals surface area contributed by atoms with Crippen LogP contribution in [0.5, 0.6) is 0 Å². The van der Waals surface area contributed by atoms with Gasteiger partial charge in [0.05, 0.1) is 17.9 Å². The number of likely N-dealkylation sites (tertiary alicyclic amines) is 1. The van der Waals surface area contributed by atoms with E-state index in [1.807, 2.05) is 11.8 Å². The van der Waals surface area contributed by atoms with E-state index < -0.39 is 5.97 Å². The van der Waals surface area contributed by atoms with E-state index in [2.05, 4.69) is 5.10 Å². The molecule has 0 saturated carbocycles. The Balaban J connectivity index is 1.71. The summed E-state index contributed by atoms with van der Waals surface area (Å²) in [5.41, 5.74) is 2.32. The number of aromatic carboxylic acids is 1. The topological polar surface area (TPSA) is 75.4 Å². The molecule has 3 rings (SSSR count). The molecule has 6 nitrogen and oxygen atoms in total. The lowest BCUT2D eigenvalue weighted by Gasteiger charge is -2.33. The van der Waals surface area contributed by atoms with E-state index in [0.717, 1.165) is 18.4 Å². The van der Waals surface area contributed by atoms with Crippen molar-refractivity contribution in [2.75, 3.05) is 13.1 Å². The Morgan fingerprint density at radius 2 is 1.88 bits per heavy atom. The van der Waals surface area contributed by atoms with E-state index in [4.69, 9.17) is 16.7 Å². The van der Waals surface area contributed by atoms with Crippen LogP contribution < -0.4 is 0 Å². The van der Waals surface area contributed by atoms with Crippen LogP contribution in [-0.4, -0.2) is 44.8 Å². The number of halogens is 1. The molecule has 0 bridgehead atoms. The second kappa shape index (κ2) is 6.88. The monoisotopic (exact) mass is 361 g/mol. The van der Waals surface area contributed by atoms with Gasteiger partial charge in [-0.15, -0.1) is 0 Å². The Bertz CT molecular complexity index is 823. The number of rotatable bonds is 3. The zero-order valence-electron chi connectivity index (χ0n) is 14.2. The number of carboxylic acids is 1. The number of hydrogen-bond acceptors (Lipinski definition) is 3. The molecule has 1 aliphatic heterocycles. The SMILES string of the molecule is Cc1c(Cl)cccc1C(=O)N1CCC(n2ncc(C(=O)O)c2C)CC1. The van der Waals surface area contributed by atoms with Crippen LogP contribution in [0.3, 0.4) is 0 Å². The lowest BCUT2D eigenvalue weighted by molar-refractivity contribution is 0.0687. The average Bonchev–Trinajstić information content (AvgIpc) is 2.98. The molecule has 1 fully saturated rings. The summed E-state index contributed by atoms with van der Waals surface area (Å²) in [6, 6.07) is 5.47. The summed E-state index contributed by atoms with van der Waals surface area (Å²) in [5, 5.41) is 14.0.